The summed E-state index contributed by atoms with van der Waals surface area (Å²) >= 11 is 0. The van der Waals surface area contributed by atoms with Crippen LogP contribution < -0.4 is 37.2 Å². The van der Waals surface area contributed by atoms with Crippen molar-refractivity contribution >= 4 is 41.4 Å². The van der Waals surface area contributed by atoms with Crippen LogP contribution in [0.2, 0.25) is 0 Å². The molecule has 0 heterocycles. The number of unbranched alkanes of at least 4 members (excludes halogenated alkanes) is 4. The first-order valence-electron chi connectivity index (χ1n) is 19.5. The van der Waals surface area contributed by atoms with E-state index in [0.717, 1.165) is 32.1 Å². The first-order chi connectivity index (χ1) is 25.2. The van der Waals surface area contributed by atoms with E-state index in [1.165, 1.54) is 20.8 Å². The molecular weight excluding hydrogens is 698 g/mol. The summed E-state index contributed by atoms with van der Waals surface area (Å²) in [6.45, 7) is 16.1. The lowest BCUT2D eigenvalue weighted by Crippen LogP contribution is -2.64. The number of aliphatic hydroxyl groups excluding tert-OH is 2. The second-order valence-electron chi connectivity index (χ2n) is 15.6. The molecule has 0 spiro atoms. The molecule has 0 saturated heterocycles. The summed E-state index contributed by atoms with van der Waals surface area (Å²) in [5, 5.41) is 37.9. The quantitative estimate of drug-likeness (QED) is 0.0539. The number of carbonyl (C=O) groups excluding carboxylic acids is 7. The van der Waals surface area contributed by atoms with Crippen LogP contribution >= 0.6 is 0 Å². The molecule has 0 unspecified atom stereocenters. The molecule has 312 valence electrons. The van der Waals surface area contributed by atoms with E-state index in [2.05, 4.69) is 44.1 Å². The Bertz CT molecular complexity index is 1210. The first-order valence-corrected chi connectivity index (χ1v) is 19.5. The Morgan fingerprint density at radius 1 is 0.611 bits per heavy atom. The zero-order valence-corrected chi connectivity index (χ0v) is 34.4. The Hall–Kier alpha value is -3.79. The van der Waals surface area contributed by atoms with Crippen LogP contribution in [0.25, 0.3) is 0 Å². The fourth-order valence-corrected chi connectivity index (χ4v) is 5.49. The van der Waals surface area contributed by atoms with Crippen LogP contribution in [0.5, 0.6) is 0 Å². The van der Waals surface area contributed by atoms with E-state index in [0.29, 0.717) is 19.3 Å². The molecule has 0 aromatic carbocycles. The third-order valence-corrected chi connectivity index (χ3v) is 8.99. The van der Waals surface area contributed by atoms with Gasteiger partial charge in [-0.1, -0.05) is 80.6 Å². The third kappa shape index (κ3) is 20.0. The molecular formula is C38H71N7O9. The Labute approximate surface area is 322 Å². The van der Waals surface area contributed by atoms with Gasteiger partial charge in [-0.25, -0.2) is 0 Å². The fourth-order valence-electron chi connectivity index (χ4n) is 5.49. The monoisotopic (exact) mass is 770 g/mol. The number of amides is 7. The molecule has 0 saturated carbocycles. The predicted molar refractivity (Wildman–Crippen MR) is 206 cm³/mol. The van der Waals surface area contributed by atoms with Gasteiger partial charge < -0.3 is 47.4 Å². The highest BCUT2D eigenvalue weighted by atomic mass is 16.3. The summed E-state index contributed by atoms with van der Waals surface area (Å²) in [7, 11) is 0. The molecule has 6 atom stereocenters. The van der Waals surface area contributed by atoms with E-state index in [4.69, 9.17) is 0 Å². The van der Waals surface area contributed by atoms with Gasteiger partial charge in [0.2, 0.25) is 41.4 Å². The summed E-state index contributed by atoms with van der Waals surface area (Å²) < 4.78 is 0. The average molecular weight is 770 g/mol. The maximum atomic E-state index is 13.5. The van der Waals surface area contributed by atoms with Crippen LogP contribution in [0.1, 0.15) is 127 Å². The number of carbonyl (C=O) groups is 7. The zero-order chi connectivity index (χ0) is 41.6. The number of hydrogen-bond acceptors (Lipinski definition) is 9. The van der Waals surface area contributed by atoms with E-state index in [9.17, 15) is 43.8 Å². The maximum Gasteiger partial charge on any atom is 0.245 e. The van der Waals surface area contributed by atoms with Gasteiger partial charge in [0.05, 0.1) is 25.8 Å². The fraction of sp³-hybridized carbons (Fsp3) is 0.816. The van der Waals surface area contributed by atoms with Crippen molar-refractivity contribution in [3.05, 3.63) is 0 Å². The highest BCUT2D eigenvalue weighted by Gasteiger charge is 2.37. The molecule has 0 aliphatic heterocycles. The molecule has 0 rings (SSSR count). The molecule has 0 aliphatic carbocycles. The Morgan fingerprint density at radius 3 is 1.76 bits per heavy atom. The van der Waals surface area contributed by atoms with Crippen LogP contribution in [0.15, 0.2) is 0 Å². The van der Waals surface area contributed by atoms with Crippen LogP contribution in [-0.2, 0) is 33.6 Å². The average Bonchev–Trinajstić information content (AvgIpc) is 3.09. The summed E-state index contributed by atoms with van der Waals surface area (Å²) in [4.78, 5) is 90.8. The van der Waals surface area contributed by atoms with E-state index < -0.39 is 77.8 Å². The van der Waals surface area contributed by atoms with E-state index in [1.807, 2.05) is 34.6 Å². The van der Waals surface area contributed by atoms with Crippen molar-refractivity contribution in [2.24, 2.45) is 17.8 Å². The van der Waals surface area contributed by atoms with Gasteiger partial charge in [0.25, 0.3) is 0 Å². The SMILES string of the molecule is CCCCCCCC(=O)NCC(=O)N[C@@H](C)C(=O)N[C@@H](CC(C)C)C(=O)NC(C)(C)C(=O)N[C@@H](CO)C(=O)N[C@H](C(=O)N[C@H](CO)CC(C)C)[C@@H](C)CC. The standard InChI is InChI=1S/C38H71N7O9/c1-11-13-14-15-16-17-30(48)39-20-31(49)40-26(8)33(50)42-28(19-24(5)6)35(52)45-38(9,10)37(54)43-29(22-47)34(51)44-32(25(7)12-2)36(53)41-27(21-46)18-23(3)4/h23-29,32,46-47H,11-22H2,1-10H3,(H,39,48)(H,40,49)(H,41,53)(H,42,50)(H,43,54)(H,44,51)(H,45,52)/t25-,26-,27-,28-,29-,32-/m0/s1. The molecule has 0 aromatic heterocycles. The van der Waals surface area contributed by atoms with Crippen LogP contribution in [0.4, 0.5) is 0 Å². The minimum atomic E-state index is -1.63. The summed E-state index contributed by atoms with van der Waals surface area (Å²) in [6.07, 6.45) is 6.47. The predicted octanol–water partition coefficient (Wildman–Crippen LogP) is 0.925. The van der Waals surface area contributed by atoms with Crippen molar-refractivity contribution in [3.8, 4) is 0 Å². The summed E-state index contributed by atoms with van der Waals surface area (Å²) in [5.41, 5.74) is -1.63. The second-order valence-corrected chi connectivity index (χ2v) is 15.6. The largest absolute Gasteiger partial charge is 0.394 e. The van der Waals surface area contributed by atoms with E-state index in [-0.39, 0.29) is 43.2 Å². The highest BCUT2D eigenvalue weighted by molar-refractivity contribution is 5.98. The third-order valence-electron chi connectivity index (χ3n) is 8.99. The minimum absolute atomic E-state index is 0.0591. The highest BCUT2D eigenvalue weighted by Crippen LogP contribution is 2.13. The lowest BCUT2D eigenvalue weighted by molar-refractivity contribution is -0.138. The molecule has 16 nitrogen and oxygen atoms in total. The van der Waals surface area contributed by atoms with E-state index in [1.54, 1.807) is 6.92 Å². The number of rotatable bonds is 27. The number of nitrogens with one attached hydrogen (secondary N) is 7. The number of aliphatic hydroxyl groups is 2. The van der Waals surface area contributed by atoms with Gasteiger partial charge in [0.1, 0.15) is 29.7 Å². The molecule has 0 bridgehead atoms. The maximum absolute atomic E-state index is 13.5. The van der Waals surface area contributed by atoms with Crippen molar-refractivity contribution in [1.29, 1.82) is 0 Å². The zero-order valence-electron chi connectivity index (χ0n) is 34.4. The molecule has 0 fully saturated rings. The van der Waals surface area contributed by atoms with Gasteiger partial charge in [-0.3, -0.25) is 33.6 Å². The van der Waals surface area contributed by atoms with Crippen LogP contribution in [0, 0.1) is 17.8 Å². The Balaban J connectivity index is 5.47. The molecule has 0 aliphatic rings. The molecule has 9 N–H and O–H groups in total. The number of hydrogen-bond donors (Lipinski definition) is 9. The van der Waals surface area contributed by atoms with Crippen LogP contribution in [0.3, 0.4) is 0 Å². The normalized spacial score (nSPS) is 14.9. The van der Waals surface area contributed by atoms with Gasteiger partial charge in [0, 0.05) is 6.42 Å². The summed E-state index contributed by atoms with van der Waals surface area (Å²) in [6, 6.07) is -5.14. The Morgan fingerprint density at radius 2 is 1.22 bits per heavy atom. The first kappa shape index (κ1) is 50.2. The van der Waals surface area contributed by atoms with Crippen LogP contribution in [-0.4, -0.2) is 107 Å². The molecule has 7 amide bonds. The lowest BCUT2D eigenvalue weighted by Gasteiger charge is -2.31. The Kier molecular flexibility index (Phi) is 24.3. The lowest BCUT2D eigenvalue weighted by atomic mass is 9.96. The van der Waals surface area contributed by atoms with Gasteiger partial charge >= 0.3 is 0 Å². The summed E-state index contributed by atoms with van der Waals surface area (Å²) in [5.74, 6) is -4.49. The smallest absolute Gasteiger partial charge is 0.245 e. The van der Waals surface area contributed by atoms with E-state index >= 15 is 0 Å². The second kappa shape index (κ2) is 26.1. The molecule has 0 radical (unpaired) electrons. The molecule has 16 heteroatoms. The topological polar surface area (TPSA) is 244 Å². The van der Waals surface area contributed by atoms with Crippen molar-refractivity contribution < 1.29 is 43.8 Å². The van der Waals surface area contributed by atoms with Gasteiger partial charge in [-0.15, -0.1) is 0 Å². The van der Waals surface area contributed by atoms with Crippen molar-refractivity contribution in [1.82, 2.24) is 37.2 Å². The minimum Gasteiger partial charge on any atom is -0.394 e. The van der Waals surface area contributed by atoms with Crippen molar-refractivity contribution in [2.75, 3.05) is 19.8 Å². The van der Waals surface area contributed by atoms with Crippen molar-refractivity contribution in [3.63, 3.8) is 0 Å². The molecule has 54 heavy (non-hydrogen) atoms. The van der Waals surface area contributed by atoms with Gasteiger partial charge in [0.15, 0.2) is 0 Å². The van der Waals surface area contributed by atoms with Crippen molar-refractivity contribution in [2.45, 2.75) is 163 Å². The van der Waals surface area contributed by atoms with Gasteiger partial charge in [-0.05, 0) is 57.8 Å². The molecule has 0 aromatic rings. The van der Waals surface area contributed by atoms with Gasteiger partial charge in [-0.2, -0.15) is 0 Å².